The maximum absolute atomic E-state index is 12.3. The molecule has 0 aromatic heterocycles. The van der Waals surface area contributed by atoms with Crippen LogP contribution in [0.2, 0.25) is 0 Å². The van der Waals surface area contributed by atoms with Crippen molar-refractivity contribution in [3.63, 3.8) is 0 Å². The number of carbonyl (C=O) groups excluding carboxylic acids is 2. The minimum Gasteiger partial charge on any atom is -0.462 e. The van der Waals surface area contributed by atoms with Gasteiger partial charge in [0.15, 0.2) is 0 Å². The Labute approximate surface area is 138 Å². The van der Waals surface area contributed by atoms with Gasteiger partial charge in [-0.2, -0.15) is 0 Å². The zero-order valence-corrected chi connectivity index (χ0v) is 14.1. The highest BCUT2D eigenvalue weighted by atomic mass is 16.5. The van der Waals surface area contributed by atoms with E-state index in [0.29, 0.717) is 19.6 Å². The van der Waals surface area contributed by atoms with Gasteiger partial charge in [0.05, 0.1) is 12.6 Å². The molecule has 0 N–H and O–H groups in total. The van der Waals surface area contributed by atoms with Crippen molar-refractivity contribution in [1.82, 2.24) is 4.90 Å². The number of hydrogen-bond donors (Lipinski definition) is 0. The Kier molecular flexibility index (Phi) is 8.43. The van der Waals surface area contributed by atoms with Crippen LogP contribution in [0.25, 0.3) is 0 Å². The molecule has 4 heteroatoms. The molecule has 1 atom stereocenters. The highest BCUT2D eigenvalue weighted by molar-refractivity contribution is 5.87. The summed E-state index contributed by atoms with van der Waals surface area (Å²) in [6, 6.07) is 9.85. The van der Waals surface area contributed by atoms with Crippen molar-refractivity contribution >= 4 is 11.9 Å². The molecule has 124 valence electrons. The smallest absolute Gasteiger partial charge is 0.330 e. The highest BCUT2D eigenvalue weighted by Crippen LogP contribution is 2.20. The summed E-state index contributed by atoms with van der Waals surface area (Å²) < 4.78 is 5.08. The summed E-state index contributed by atoms with van der Waals surface area (Å²) in [6.45, 7) is 6.41. The summed E-state index contributed by atoms with van der Waals surface area (Å²) in [5.41, 5.74) is 1.08. The molecule has 0 saturated carbocycles. The summed E-state index contributed by atoms with van der Waals surface area (Å²) in [5.74, 6) is -0.390. The number of esters is 1. The Bertz CT molecular complexity index is 549. The van der Waals surface area contributed by atoms with Gasteiger partial charge in [-0.3, -0.25) is 4.79 Å². The lowest BCUT2D eigenvalue weighted by molar-refractivity contribution is -0.138. The zero-order chi connectivity index (χ0) is 17.1. The van der Waals surface area contributed by atoms with E-state index < -0.39 is 0 Å². The lowest BCUT2D eigenvalue weighted by atomic mass is 10.1. The Morgan fingerprint density at radius 2 is 1.78 bits per heavy atom. The van der Waals surface area contributed by atoms with E-state index in [9.17, 15) is 9.59 Å². The molecule has 0 aliphatic heterocycles. The number of hydrogen-bond acceptors (Lipinski definition) is 3. The minimum absolute atomic E-state index is 0.0360. The molecular formula is C19H25NO3. The first-order chi connectivity index (χ1) is 11.1. The summed E-state index contributed by atoms with van der Waals surface area (Å²) in [6.07, 6.45) is 6.92. The van der Waals surface area contributed by atoms with Crippen LogP contribution in [0.3, 0.4) is 0 Å². The van der Waals surface area contributed by atoms with Crippen molar-refractivity contribution in [1.29, 1.82) is 0 Å². The topological polar surface area (TPSA) is 46.6 Å². The minimum atomic E-state index is -0.352. The molecule has 1 aromatic rings. The summed E-state index contributed by atoms with van der Waals surface area (Å²) >= 11 is 0. The summed E-state index contributed by atoms with van der Waals surface area (Å²) in [7, 11) is 0. The van der Waals surface area contributed by atoms with E-state index in [1.807, 2.05) is 44.2 Å². The van der Waals surface area contributed by atoms with E-state index in [1.165, 1.54) is 6.08 Å². The number of amides is 1. The van der Waals surface area contributed by atoms with Crippen LogP contribution in [0.5, 0.6) is 0 Å². The fourth-order valence-electron chi connectivity index (χ4n) is 2.24. The van der Waals surface area contributed by atoms with Crippen LogP contribution in [0.4, 0.5) is 0 Å². The molecular weight excluding hydrogens is 290 g/mol. The van der Waals surface area contributed by atoms with Crippen LogP contribution in [0, 0.1) is 0 Å². The fraction of sp³-hybridized carbons (Fsp3) is 0.368. The quantitative estimate of drug-likeness (QED) is 0.418. The Balaban J connectivity index is 2.66. The molecule has 0 heterocycles. The molecule has 0 fully saturated rings. The van der Waals surface area contributed by atoms with Crippen LogP contribution in [0.15, 0.2) is 54.6 Å². The zero-order valence-electron chi connectivity index (χ0n) is 14.1. The Morgan fingerprint density at radius 1 is 1.13 bits per heavy atom. The maximum atomic E-state index is 12.3. The molecule has 0 spiro atoms. The first-order valence-corrected chi connectivity index (χ1v) is 7.87. The average molecular weight is 315 g/mol. The van der Waals surface area contributed by atoms with Gasteiger partial charge >= 0.3 is 5.97 Å². The van der Waals surface area contributed by atoms with Gasteiger partial charge in [0.2, 0.25) is 5.91 Å². The van der Waals surface area contributed by atoms with Crippen molar-refractivity contribution in [2.24, 2.45) is 0 Å². The van der Waals surface area contributed by atoms with Gasteiger partial charge < -0.3 is 9.64 Å². The van der Waals surface area contributed by atoms with E-state index >= 15 is 0 Å². The number of carbonyl (C=O) groups is 2. The van der Waals surface area contributed by atoms with Crippen molar-refractivity contribution < 1.29 is 14.3 Å². The van der Waals surface area contributed by atoms with E-state index in [4.69, 9.17) is 4.74 Å². The average Bonchev–Trinajstić information content (AvgIpc) is 2.55. The Hall–Kier alpha value is -2.36. The predicted octanol–water partition coefficient (Wildman–Crippen LogP) is 3.66. The highest BCUT2D eigenvalue weighted by Gasteiger charge is 2.19. The van der Waals surface area contributed by atoms with Crippen LogP contribution < -0.4 is 0 Å². The Morgan fingerprint density at radius 3 is 2.39 bits per heavy atom. The van der Waals surface area contributed by atoms with Crippen LogP contribution in [-0.4, -0.2) is 29.9 Å². The fourth-order valence-corrected chi connectivity index (χ4v) is 2.24. The second-order valence-electron chi connectivity index (χ2n) is 5.14. The van der Waals surface area contributed by atoms with E-state index in [0.717, 1.165) is 5.56 Å². The molecule has 0 aliphatic rings. The van der Waals surface area contributed by atoms with Gasteiger partial charge in [0.25, 0.3) is 0 Å². The first-order valence-electron chi connectivity index (χ1n) is 7.87. The number of allylic oxidation sites excluding steroid dienone is 2. The third kappa shape index (κ3) is 6.51. The summed E-state index contributed by atoms with van der Waals surface area (Å²) in [4.78, 5) is 25.4. The van der Waals surface area contributed by atoms with Crippen molar-refractivity contribution in [2.45, 2.75) is 33.2 Å². The van der Waals surface area contributed by atoms with Gasteiger partial charge in [0, 0.05) is 12.6 Å². The largest absolute Gasteiger partial charge is 0.462 e. The molecule has 1 aromatic carbocycles. The van der Waals surface area contributed by atoms with Crippen LogP contribution in [-0.2, 0) is 14.3 Å². The van der Waals surface area contributed by atoms with Gasteiger partial charge in [-0.1, -0.05) is 42.5 Å². The van der Waals surface area contributed by atoms with Crippen molar-refractivity contribution in [2.75, 3.05) is 13.2 Å². The number of rotatable bonds is 8. The molecule has 1 rings (SSSR count). The van der Waals surface area contributed by atoms with Gasteiger partial charge in [-0.25, -0.2) is 4.79 Å². The predicted molar refractivity (Wildman–Crippen MR) is 91.8 cm³/mol. The molecule has 0 saturated heterocycles. The normalized spacial score (nSPS) is 12.5. The third-order valence-electron chi connectivity index (χ3n) is 3.43. The van der Waals surface area contributed by atoms with Gasteiger partial charge in [-0.05, 0) is 38.8 Å². The maximum Gasteiger partial charge on any atom is 0.330 e. The van der Waals surface area contributed by atoms with E-state index in [2.05, 4.69) is 0 Å². The standard InChI is InChI=1S/C19H25NO3/c1-4-10-18(21)20(14-9-15-23-19(22)11-5-2)16(3)17-12-7-6-8-13-17/h4-8,10-13,16H,9,14-15H2,1-3H3/b10-4+,11-5+/t16-/m0/s1. The molecule has 0 unspecified atom stereocenters. The first kappa shape index (κ1) is 18.7. The van der Waals surface area contributed by atoms with Crippen LogP contribution in [0.1, 0.15) is 38.8 Å². The van der Waals surface area contributed by atoms with Gasteiger partial charge in [-0.15, -0.1) is 0 Å². The van der Waals surface area contributed by atoms with Crippen LogP contribution >= 0.6 is 0 Å². The summed E-state index contributed by atoms with van der Waals surface area (Å²) in [5, 5.41) is 0. The van der Waals surface area contributed by atoms with Gasteiger partial charge in [0.1, 0.15) is 0 Å². The SMILES string of the molecule is C/C=C/C(=O)OCCCN(C(=O)/C=C/C)[C@@H](C)c1ccccc1. The number of benzene rings is 1. The molecule has 0 radical (unpaired) electrons. The monoisotopic (exact) mass is 315 g/mol. The lowest BCUT2D eigenvalue weighted by Crippen LogP contribution is -2.33. The molecule has 0 aliphatic carbocycles. The van der Waals surface area contributed by atoms with E-state index in [1.54, 1.807) is 30.1 Å². The second kappa shape index (κ2) is 10.4. The third-order valence-corrected chi connectivity index (χ3v) is 3.43. The number of ether oxygens (including phenoxy) is 1. The number of nitrogens with zero attached hydrogens (tertiary/aromatic N) is 1. The van der Waals surface area contributed by atoms with Crippen molar-refractivity contribution in [3.8, 4) is 0 Å². The molecule has 0 bridgehead atoms. The second-order valence-corrected chi connectivity index (χ2v) is 5.14. The van der Waals surface area contributed by atoms with E-state index in [-0.39, 0.29) is 17.9 Å². The van der Waals surface area contributed by atoms with Crippen molar-refractivity contribution in [3.05, 3.63) is 60.2 Å². The molecule has 4 nitrogen and oxygen atoms in total. The molecule has 23 heavy (non-hydrogen) atoms. The molecule has 1 amide bonds. The lowest BCUT2D eigenvalue weighted by Gasteiger charge is -2.28.